The standard InChI is InChI=1S/C23H15BrCl2FN3O2/c24-12-8-16-20(21(29-22(16)31)15-10-14(27)2-3-17(15)26)18(9-12)28-23(32)30-6-5-11-7-13(25)1-4-19(11)30/h1-4,7-10,21H,5-6H2,(H,28,32)(H,29,31). The molecule has 0 bridgehead atoms. The van der Waals surface area contributed by atoms with Crippen LogP contribution in [0.5, 0.6) is 0 Å². The number of anilines is 2. The Bertz CT molecular complexity index is 1300. The quantitative estimate of drug-likeness (QED) is 0.404. The summed E-state index contributed by atoms with van der Waals surface area (Å²) >= 11 is 15.8. The van der Waals surface area contributed by atoms with Crippen LogP contribution < -0.4 is 15.5 Å². The molecule has 0 saturated heterocycles. The molecule has 1 unspecified atom stereocenters. The molecule has 2 heterocycles. The van der Waals surface area contributed by atoms with Gasteiger partial charge < -0.3 is 10.6 Å². The molecule has 3 amide bonds. The third-order valence-corrected chi connectivity index (χ3v) is 6.68. The van der Waals surface area contributed by atoms with Crippen molar-refractivity contribution in [3.8, 4) is 0 Å². The molecular formula is C23H15BrCl2FN3O2. The van der Waals surface area contributed by atoms with E-state index in [1.165, 1.54) is 18.2 Å². The fraction of sp³-hybridized carbons (Fsp3) is 0.130. The zero-order valence-corrected chi connectivity index (χ0v) is 19.5. The first-order chi connectivity index (χ1) is 15.3. The van der Waals surface area contributed by atoms with E-state index in [1.54, 1.807) is 23.1 Å². The van der Waals surface area contributed by atoms with E-state index in [0.29, 0.717) is 49.9 Å². The van der Waals surface area contributed by atoms with E-state index in [9.17, 15) is 14.0 Å². The number of nitrogens with one attached hydrogen (secondary N) is 2. The number of fused-ring (bicyclic) bond motifs is 2. The second-order valence-electron chi connectivity index (χ2n) is 7.59. The van der Waals surface area contributed by atoms with Crippen LogP contribution in [-0.2, 0) is 6.42 Å². The van der Waals surface area contributed by atoms with Crippen molar-refractivity contribution in [2.75, 3.05) is 16.8 Å². The van der Waals surface area contributed by atoms with Crippen LogP contribution in [0.25, 0.3) is 0 Å². The van der Waals surface area contributed by atoms with Crippen molar-refractivity contribution < 1.29 is 14.0 Å². The third-order valence-electron chi connectivity index (χ3n) is 5.65. The molecule has 0 fully saturated rings. The Balaban J connectivity index is 1.54. The Morgan fingerprint density at radius 1 is 1.16 bits per heavy atom. The van der Waals surface area contributed by atoms with Gasteiger partial charge in [-0.1, -0.05) is 39.1 Å². The first-order valence-electron chi connectivity index (χ1n) is 9.78. The van der Waals surface area contributed by atoms with E-state index in [0.717, 1.165) is 11.3 Å². The lowest BCUT2D eigenvalue weighted by atomic mass is 9.96. The van der Waals surface area contributed by atoms with Crippen LogP contribution in [0.3, 0.4) is 0 Å². The minimum Gasteiger partial charge on any atom is -0.341 e. The second-order valence-corrected chi connectivity index (χ2v) is 9.35. The maximum absolute atomic E-state index is 14.0. The van der Waals surface area contributed by atoms with Crippen LogP contribution in [0.1, 0.15) is 33.1 Å². The number of rotatable bonds is 2. The topological polar surface area (TPSA) is 61.4 Å². The molecule has 0 aliphatic carbocycles. The number of amides is 3. The highest BCUT2D eigenvalue weighted by Gasteiger charge is 2.35. The normalized spacial score (nSPS) is 16.6. The fourth-order valence-electron chi connectivity index (χ4n) is 4.23. The molecule has 2 N–H and O–H groups in total. The second kappa shape index (κ2) is 8.06. The highest BCUT2D eigenvalue weighted by atomic mass is 79.9. The van der Waals surface area contributed by atoms with Gasteiger partial charge in [0.1, 0.15) is 5.82 Å². The molecule has 1 atom stereocenters. The Hall–Kier alpha value is -2.61. The summed E-state index contributed by atoms with van der Waals surface area (Å²) in [5.74, 6) is -0.801. The van der Waals surface area contributed by atoms with Gasteiger partial charge in [0.05, 0.1) is 6.04 Å². The molecule has 2 aliphatic rings. The van der Waals surface area contributed by atoms with Crippen molar-refractivity contribution in [1.29, 1.82) is 0 Å². The summed E-state index contributed by atoms with van der Waals surface area (Å²) in [5.41, 5.74) is 3.55. The van der Waals surface area contributed by atoms with Gasteiger partial charge in [0, 0.05) is 49.1 Å². The first-order valence-corrected chi connectivity index (χ1v) is 11.3. The van der Waals surface area contributed by atoms with E-state index in [2.05, 4.69) is 26.6 Å². The smallest absolute Gasteiger partial charge is 0.326 e. The van der Waals surface area contributed by atoms with Gasteiger partial charge in [0.15, 0.2) is 0 Å². The number of urea groups is 1. The molecule has 0 aromatic heterocycles. The average Bonchev–Trinajstić information content (AvgIpc) is 3.30. The van der Waals surface area contributed by atoms with Crippen molar-refractivity contribution in [1.82, 2.24) is 5.32 Å². The summed E-state index contributed by atoms with van der Waals surface area (Å²) in [6, 6.07) is 11.7. The Morgan fingerprint density at radius 3 is 2.78 bits per heavy atom. The molecule has 3 aromatic carbocycles. The Labute approximate surface area is 201 Å². The number of benzene rings is 3. The number of carbonyl (C=O) groups is 2. The molecule has 0 radical (unpaired) electrons. The van der Waals surface area contributed by atoms with Crippen molar-refractivity contribution in [2.24, 2.45) is 0 Å². The van der Waals surface area contributed by atoms with Gasteiger partial charge in [-0.2, -0.15) is 0 Å². The van der Waals surface area contributed by atoms with Gasteiger partial charge >= 0.3 is 6.03 Å². The molecule has 162 valence electrons. The van der Waals surface area contributed by atoms with Gasteiger partial charge in [-0.25, -0.2) is 9.18 Å². The maximum atomic E-state index is 14.0. The molecule has 0 saturated carbocycles. The summed E-state index contributed by atoms with van der Waals surface area (Å²) in [7, 11) is 0. The Morgan fingerprint density at radius 2 is 1.97 bits per heavy atom. The zero-order chi connectivity index (χ0) is 22.6. The van der Waals surface area contributed by atoms with E-state index < -0.39 is 11.9 Å². The molecule has 32 heavy (non-hydrogen) atoms. The SMILES string of the molecule is O=C1NC(c2cc(F)ccc2Cl)c2c(NC(=O)N3CCc4cc(Cl)ccc43)cc(Br)cc21. The lowest BCUT2D eigenvalue weighted by Gasteiger charge is -2.22. The predicted octanol–water partition coefficient (Wildman–Crippen LogP) is 6.32. The minimum absolute atomic E-state index is 0.315. The number of nitrogens with zero attached hydrogens (tertiary/aromatic N) is 1. The van der Waals surface area contributed by atoms with Crippen LogP contribution in [0.4, 0.5) is 20.6 Å². The van der Waals surface area contributed by atoms with E-state index >= 15 is 0 Å². The molecule has 9 heteroatoms. The van der Waals surface area contributed by atoms with Crippen LogP contribution in [0.15, 0.2) is 53.0 Å². The average molecular weight is 535 g/mol. The molecular weight excluding hydrogens is 520 g/mol. The lowest BCUT2D eigenvalue weighted by Crippen LogP contribution is -2.33. The summed E-state index contributed by atoms with van der Waals surface area (Å²) in [5, 5.41) is 6.71. The van der Waals surface area contributed by atoms with Gasteiger partial charge in [-0.05, 0) is 60.5 Å². The van der Waals surface area contributed by atoms with Crippen molar-refractivity contribution >= 4 is 62.4 Å². The lowest BCUT2D eigenvalue weighted by molar-refractivity contribution is 0.0960. The van der Waals surface area contributed by atoms with Crippen LogP contribution >= 0.6 is 39.1 Å². The first kappa shape index (κ1) is 21.2. The van der Waals surface area contributed by atoms with Gasteiger partial charge in [-0.15, -0.1) is 0 Å². The predicted molar refractivity (Wildman–Crippen MR) is 126 cm³/mol. The minimum atomic E-state index is -0.700. The summed E-state index contributed by atoms with van der Waals surface area (Å²) in [6.07, 6.45) is 0.696. The van der Waals surface area contributed by atoms with Crippen LogP contribution in [0, 0.1) is 5.82 Å². The van der Waals surface area contributed by atoms with Crippen molar-refractivity contribution in [3.05, 3.63) is 91.1 Å². The number of hydrogen-bond acceptors (Lipinski definition) is 2. The largest absolute Gasteiger partial charge is 0.341 e. The fourth-order valence-corrected chi connectivity index (χ4v) is 5.11. The maximum Gasteiger partial charge on any atom is 0.326 e. The number of hydrogen-bond donors (Lipinski definition) is 2. The zero-order valence-electron chi connectivity index (χ0n) is 16.4. The monoisotopic (exact) mass is 533 g/mol. The molecule has 5 nitrogen and oxygen atoms in total. The summed E-state index contributed by atoms with van der Waals surface area (Å²) < 4.78 is 14.6. The van der Waals surface area contributed by atoms with E-state index in [4.69, 9.17) is 23.2 Å². The van der Waals surface area contributed by atoms with Crippen molar-refractivity contribution in [2.45, 2.75) is 12.5 Å². The highest BCUT2D eigenvalue weighted by Crippen LogP contribution is 2.41. The number of halogens is 4. The van der Waals surface area contributed by atoms with Crippen LogP contribution in [0.2, 0.25) is 10.0 Å². The molecule has 5 rings (SSSR count). The van der Waals surface area contributed by atoms with Crippen molar-refractivity contribution in [3.63, 3.8) is 0 Å². The Kier molecular flexibility index (Phi) is 5.35. The van der Waals surface area contributed by atoms with Gasteiger partial charge in [-0.3, -0.25) is 9.69 Å². The molecule has 2 aliphatic heterocycles. The van der Waals surface area contributed by atoms with E-state index in [1.807, 2.05) is 12.1 Å². The van der Waals surface area contributed by atoms with Crippen LogP contribution in [-0.4, -0.2) is 18.5 Å². The molecule has 3 aromatic rings. The highest BCUT2D eigenvalue weighted by molar-refractivity contribution is 9.10. The molecule has 0 spiro atoms. The number of carbonyl (C=O) groups excluding carboxylic acids is 2. The summed E-state index contributed by atoms with van der Waals surface area (Å²) in [4.78, 5) is 27.5. The summed E-state index contributed by atoms with van der Waals surface area (Å²) in [6.45, 7) is 0.508. The third kappa shape index (κ3) is 3.64. The van der Waals surface area contributed by atoms with Gasteiger partial charge in [0.25, 0.3) is 5.91 Å². The van der Waals surface area contributed by atoms with E-state index in [-0.39, 0.29) is 11.9 Å². The van der Waals surface area contributed by atoms with Gasteiger partial charge in [0.2, 0.25) is 0 Å².